The van der Waals surface area contributed by atoms with Crippen LogP contribution < -0.4 is 0 Å². The second-order valence-electron chi connectivity index (χ2n) is 8.45. The molecule has 6 heteroatoms. The minimum atomic E-state index is -0.944. The Labute approximate surface area is 166 Å². The van der Waals surface area contributed by atoms with Gasteiger partial charge in [0.05, 0.1) is 11.1 Å². The van der Waals surface area contributed by atoms with Crippen LogP contribution in [0.3, 0.4) is 0 Å². The summed E-state index contributed by atoms with van der Waals surface area (Å²) >= 11 is 0. The molecule has 1 aromatic carbocycles. The van der Waals surface area contributed by atoms with Crippen molar-refractivity contribution < 1.29 is 24.2 Å². The van der Waals surface area contributed by atoms with Gasteiger partial charge in [0.2, 0.25) is 0 Å². The molecular formula is C22H31NO5. The smallest absolute Gasteiger partial charge is 0.329 e. The van der Waals surface area contributed by atoms with Crippen LogP contribution in [0.4, 0.5) is 0 Å². The Morgan fingerprint density at radius 1 is 1.04 bits per heavy atom. The number of carbonyl (C=O) groups is 3. The largest absolute Gasteiger partial charge is 0.480 e. The topological polar surface area (TPSA) is 83.9 Å². The Hall–Kier alpha value is -2.21. The first-order chi connectivity index (χ1) is 13.2. The van der Waals surface area contributed by atoms with Gasteiger partial charge >= 0.3 is 5.97 Å². The highest BCUT2D eigenvalue weighted by molar-refractivity contribution is 6.21. The lowest BCUT2D eigenvalue weighted by molar-refractivity contribution is -0.142. The SMILES string of the molecule is CC(C)(C)C(CCCCCN1C(=O)c2ccccc2C1=O)CCOCC(=O)O. The van der Waals surface area contributed by atoms with Crippen molar-refractivity contribution in [2.75, 3.05) is 19.8 Å². The molecule has 0 aliphatic carbocycles. The lowest BCUT2D eigenvalue weighted by Gasteiger charge is -2.31. The minimum Gasteiger partial charge on any atom is -0.480 e. The number of nitrogens with zero attached hydrogens (tertiary/aromatic N) is 1. The van der Waals surface area contributed by atoms with Crippen LogP contribution in [0.25, 0.3) is 0 Å². The number of unbranched alkanes of at least 4 members (excludes halogenated alkanes) is 2. The summed E-state index contributed by atoms with van der Waals surface area (Å²) < 4.78 is 5.19. The molecule has 0 saturated heterocycles. The van der Waals surface area contributed by atoms with Crippen molar-refractivity contribution >= 4 is 17.8 Å². The van der Waals surface area contributed by atoms with Gasteiger partial charge in [-0.25, -0.2) is 4.79 Å². The second kappa shape index (κ2) is 9.82. The number of imide groups is 1. The zero-order valence-corrected chi connectivity index (χ0v) is 17.1. The molecule has 1 atom stereocenters. The maximum absolute atomic E-state index is 12.4. The number of carbonyl (C=O) groups excluding carboxylic acids is 2. The molecule has 6 nitrogen and oxygen atoms in total. The molecule has 0 bridgehead atoms. The van der Waals surface area contributed by atoms with Crippen LogP contribution >= 0.6 is 0 Å². The van der Waals surface area contributed by atoms with Gasteiger partial charge in [0.15, 0.2) is 0 Å². The number of carboxylic acids is 1. The van der Waals surface area contributed by atoms with E-state index in [1.54, 1.807) is 24.3 Å². The highest BCUT2D eigenvalue weighted by Crippen LogP contribution is 2.33. The van der Waals surface area contributed by atoms with E-state index in [-0.39, 0.29) is 23.8 Å². The molecular weight excluding hydrogens is 358 g/mol. The van der Waals surface area contributed by atoms with E-state index in [1.807, 2.05) is 0 Å². The Bertz CT molecular complexity index is 672. The van der Waals surface area contributed by atoms with Gasteiger partial charge in [-0.3, -0.25) is 14.5 Å². The van der Waals surface area contributed by atoms with Gasteiger partial charge in [0, 0.05) is 13.2 Å². The van der Waals surface area contributed by atoms with Gasteiger partial charge in [-0.2, -0.15) is 0 Å². The van der Waals surface area contributed by atoms with Crippen LogP contribution in [-0.2, 0) is 9.53 Å². The summed E-state index contributed by atoms with van der Waals surface area (Å²) in [5, 5.41) is 8.65. The molecule has 2 rings (SSSR count). The summed E-state index contributed by atoms with van der Waals surface area (Å²) in [6, 6.07) is 6.96. The zero-order chi connectivity index (χ0) is 20.7. The fourth-order valence-corrected chi connectivity index (χ4v) is 3.68. The van der Waals surface area contributed by atoms with Crippen molar-refractivity contribution in [1.82, 2.24) is 4.90 Å². The monoisotopic (exact) mass is 389 g/mol. The number of ether oxygens (including phenoxy) is 1. The fourth-order valence-electron chi connectivity index (χ4n) is 3.68. The third-order valence-corrected chi connectivity index (χ3v) is 5.37. The van der Waals surface area contributed by atoms with Crippen molar-refractivity contribution in [2.45, 2.75) is 52.9 Å². The molecule has 1 unspecified atom stereocenters. The summed E-state index contributed by atoms with van der Waals surface area (Å²) in [5.74, 6) is -0.895. The Morgan fingerprint density at radius 2 is 1.64 bits per heavy atom. The van der Waals surface area contributed by atoms with Crippen LogP contribution in [0.15, 0.2) is 24.3 Å². The van der Waals surface area contributed by atoms with Crippen LogP contribution in [0.1, 0.15) is 73.6 Å². The lowest BCUT2D eigenvalue weighted by Crippen LogP contribution is -2.30. The maximum atomic E-state index is 12.4. The Balaban J connectivity index is 1.73. The van der Waals surface area contributed by atoms with E-state index in [0.717, 1.165) is 32.1 Å². The van der Waals surface area contributed by atoms with Crippen molar-refractivity contribution in [2.24, 2.45) is 11.3 Å². The molecule has 0 spiro atoms. The summed E-state index contributed by atoms with van der Waals surface area (Å²) in [5.41, 5.74) is 1.12. The van der Waals surface area contributed by atoms with E-state index < -0.39 is 5.97 Å². The number of fused-ring (bicyclic) bond motifs is 1. The van der Waals surface area contributed by atoms with Gasteiger partial charge in [-0.1, -0.05) is 45.7 Å². The summed E-state index contributed by atoms with van der Waals surface area (Å²) in [6.45, 7) is 7.21. The van der Waals surface area contributed by atoms with Crippen molar-refractivity contribution in [3.63, 3.8) is 0 Å². The van der Waals surface area contributed by atoms with E-state index in [1.165, 1.54) is 4.90 Å². The molecule has 2 amide bonds. The predicted molar refractivity (Wildman–Crippen MR) is 106 cm³/mol. The molecule has 0 aromatic heterocycles. The molecule has 0 radical (unpaired) electrons. The van der Waals surface area contributed by atoms with E-state index in [9.17, 15) is 14.4 Å². The quantitative estimate of drug-likeness (QED) is 0.457. The number of hydrogen-bond donors (Lipinski definition) is 1. The number of rotatable bonds is 11. The van der Waals surface area contributed by atoms with Crippen molar-refractivity contribution in [3.8, 4) is 0 Å². The molecule has 1 aliphatic rings. The standard InChI is InChI=1S/C22H31NO5/c1-22(2,3)16(12-14-28-15-19(24)25)9-5-4-8-13-23-20(26)17-10-6-7-11-18(17)21(23)27/h6-7,10-11,16H,4-5,8-9,12-15H2,1-3H3,(H,24,25). The van der Waals surface area contributed by atoms with Crippen molar-refractivity contribution in [1.29, 1.82) is 0 Å². The van der Waals surface area contributed by atoms with Gasteiger partial charge in [0.25, 0.3) is 11.8 Å². The molecule has 1 heterocycles. The number of hydrogen-bond acceptors (Lipinski definition) is 4. The van der Waals surface area contributed by atoms with E-state index in [4.69, 9.17) is 9.84 Å². The zero-order valence-electron chi connectivity index (χ0n) is 17.1. The summed E-state index contributed by atoms with van der Waals surface area (Å²) in [7, 11) is 0. The van der Waals surface area contributed by atoms with Gasteiger partial charge in [0.1, 0.15) is 6.61 Å². The number of benzene rings is 1. The number of carboxylic acid groups (broad SMARTS) is 1. The first kappa shape index (κ1) is 22.1. The molecule has 1 N–H and O–H groups in total. The molecule has 154 valence electrons. The first-order valence-electron chi connectivity index (χ1n) is 9.96. The van der Waals surface area contributed by atoms with Crippen LogP contribution in [0.2, 0.25) is 0 Å². The molecule has 0 fully saturated rings. The number of aliphatic carboxylic acids is 1. The van der Waals surface area contributed by atoms with E-state index in [2.05, 4.69) is 20.8 Å². The third-order valence-electron chi connectivity index (χ3n) is 5.37. The highest BCUT2D eigenvalue weighted by atomic mass is 16.5. The minimum absolute atomic E-state index is 0.120. The van der Waals surface area contributed by atoms with Crippen molar-refractivity contribution in [3.05, 3.63) is 35.4 Å². The summed E-state index contributed by atoms with van der Waals surface area (Å²) in [4.78, 5) is 36.6. The third kappa shape index (κ3) is 5.89. The average Bonchev–Trinajstić information content (AvgIpc) is 2.87. The molecule has 28 heavy (non-hydrogen) atoms. The van der Waals surface area contributed by atoms with E-state index in [0.29, 0.717) is 30.2 Å². The van der Waals surface area contributed by atoms with Crippen LogP contribution in [0, 0.1) is 11.3 Å². The number of amides is 2. The van der Waals surface area contributed by atoms with Gasteiger partial charge in [-0.05, 0) is 42.7 Å². The fraction of sp³-hybridized carbons (Fsp3) is 0.591. The second-order valence-corrected chi connectivity index (χ2v) is 8.45. The Morgan fingerprint density at radius 3 is 2.18 bits per heavy atom. The highest BCUT2D eigenvalue weighted by Gasteiger charge is 2.34. The maximum Gasteiger partial charge on any atom is 0.329 e. The van der Waals surface area contributed by atoms with Crippen LogP contribution in [0.5, 0.6) is 0 Å². The van der Waals surface area contributed by atoms with Gasteiger partial charge < -0.3 is 9.84 Å². The molecule has 1 aromatic rings. The van der Waals surface area contributed by atoms with Crippen LogP contribution in [-0.4, -0.2) is 47.5 Å². The molecule has 1 aliphatic heterocycles. The van der Waals surface area contributed by atoms with E-state index >= 15 is 0 Å². The Kier molecular flexibility index (Phi) is 7.75. The lowest BCUT2D eigenvalue weighted by atomic mass is 9.76. The summed E-state index contributed by atoms with van der Waals surface area (Å²) in [6.07, 6.45) is 4.58. The average molecular weight is 389 g/mol. The molecule has 0 saturated carbocycles. The normalized spacial score (nSPS) is 15.0. The first-order valence-corrected chi connectivity index (χ1v) is 9.96. The van der Waals surface area contributed by atoms with Gasteiger partial charge in [-0.15, -0.1) is 0 Å². The predicted octanol–water partition coefficient (Wildman–Crippen LogP) is 4.00.